The van der Waals surface area contributed by atoms with Crippen LogP contribution in [0.25, 0.3) is 0 Å². The van der Waals surface area contributed by atoms with Crippen molar-refractivity contribution in [3.63, 3.8) is 0 Å². The third-order valence-electron chi connectivity index (χ3n) is 1.59. The number of hydrogen-bond donors (Lipinski definition) is 3. The van der Waals surface area contributed by atoms with Gasteiger partial charge in [-0.15, -0.1) is 17.7 Å². The lowest BCUT2D eigenvalue weighted by Gasteiger charge is -2.01. The highest BCUT2D eigenvalue weighted by molar-refractivity contribution is 7.83. The molecular formula is C5H11N5O3S2. The van der Waals surface area contributed by atoms with Crippen LogP contribution in [0.2, 0.25) is 0 Å². The van der Waals surface area contributed by atoms with Crippen LogP contribution in [0.15, 0.2) is 5.16 Å². The van der Waals surface area contributed by atoms with Crippen LogP contribution >= 0.6 is 12.6 Å². The van der Waals surface area contributed by atoms with Gasteiger partial charge in [0.25, 0.3) is 0 Å². The zero-order valence-corrected chi connectivity index (χ0v) is 9.45. The topological polar surface area (TPSA) is 110 Å². The third-order valence-corrected chi connectivity index (χ3v) is 2.48. The lowest BCUT2D eigenvalue weighted by Crippen LogP contribution is -2.23. The van der Waals surface area contributed by atoms with Crippen molar-refractivity contribution in [1.29, 1.82) is 0 Å². The number of aromatic nitrogens is 4. The third kappa shape index (κ3) is 5.06. The van der Waals surface area contributed by atoms with Gasteiger partial charge in [0.2, 0.25) is 5.16 Å². The van der Waals surface area contributed by atoms with Gasteiger partial charge in [-0.25, -0.2) is 4.68 Å². The molecule has 0 saturated heterocycles. The van der Waals surface area contributed by atoms with E-state index in [2.05, 4.69) is 28.2 Å². The van der Waals surface area contributed by atoms with Gasteiger partial charge in [0.1, 0.15) is 0 Å². The Kier molecular flexibility index (Phi) is 4.45. The van der Waals surface area contributed by atoms with E-state index in [1.54, 1.807) is 0 Å². The van der Waals surface area contributed by atoms with Crippen LogP contribution in [0.3, 0.4) is 0 Å². The summed E-state index contributed by atoms with van der Waals surface area (Å²) in [7, 11) is -4.08. The fraction of sp³-hybridized carbons (Fsp3) is 0.800. The second-order valence-corrected chi connectivity index (χ2v) is 4.42. The summed E-state index contributed by atoms with van der Waals surface area (Å²) in [6.45, 7) is 0.738. The van der Waals surface area contributed by atoms with Crippen LogP contribution in [0.5, 0.6) is 0 Å². The zero-order valence-electron chi connectivity index (χ0n) is 7.74. The Labute approximate surface area is 92.3 Å². The first kappa shape index (κ1) is 12.4. The Morgan fingerprint density at radius 1 is 1.47 bits per heavy atom. The summed E-state index contributed by atoms with van der Waals surface area (Å²) in [5.41, 5.74) is 0. The minimum absolute atomic E-state index is 0.183. The van der Waals surface area contributed by atoms with Gasteiger partial charge in [-0.1, -0.05) is 0 Å². The predicted octanol–water partition coefficient (Wildman–Crippen LogP) is -0.866. The predicted molar refractivity (Wildman–Crippen MR) is 53.9 cm³/mol. The minimum atomic E-state index is -4.08. The van der Waals surface area contributed by atoms with Crippen LogP contribution in [-0.4, -0.2) is 39.7 Å². The van der Waals surface area contributed by atoms with E-state index in [4.69, 9.17) is 4.55 Å². The maximum atomic E-state index is 10.3. The lowest BCUT2D eigenvalue weighted by atomic mass is 10.3. The molecule has 0 aliphatic rings. The van der Waals surface area contributed by atoms with Gasteiger partial charge >= 0.3 is 10.3 Å². The van der Waals surface area contributed by atoms with E-state index >= 15 is 0 Å². The van der Waals surface area contributed by atoms with E-state index in [-0.39, 0.29) is 6.54 Å². The Morgan fingerprint density at radius 3 is 2.73 bits per heavy atom. The largest absolute Gasteiger partial charge is 0.333 e. The molecule has 0 unspecified atom stereocenters. The van der Waals surface area contributed by atoms with Crippen LogP contribution < -0.4 is 4.72 Å². The second kappa shape index (κ2) is 5.39. The van der Waals surface area contributed by atoms with Crippen LogP contribution in [0, 0.1) is 0 Å². The Balaban J connectivity index is 2.15. The number of hydrogen-bond acceptors (Lipinski definition) is 6. The highest BCUT2D eigenvalue weighted by atomic mass is 32.2. The van der Waals surface area contributed by atoms with Crippen LogP contribution in [0.1, 0.15) is 12.8 Å². The van der Waals surface area contributed by atoms with Crippen molar-refractivity contribution in [2.75, 3.05) is 6.54 Å². The second-order valence-electron chi connectivity index (χ2n) is 2.78. The molecule has 0 radical (unpaired) electrons. The van der Waals surface area contributed by atoms with Crippen molar-refractivity contribution >= 4 is 22.9 Å². The van der Waals surface area contributed by atoms with Crippen molar-refractivity contribution in [2.45, 2.75) is 24.5 Å². The molecule has 0 bridgehead atoms. The number of aryl methyl sites for hydroxylation is 1. The van der Waals surface area contributed by atoms with Gasteiger partial charge in [0, 0.05) is 13.1 Å². The van der Waals surface area contributed by atoms with Gasteiger partial charge in [-0.05, 0) is 23.3 Å². The SMILES string of the molecule is O=S(=O)(O)NCCCCn1nnnc1S. The molecule has 86 valence electrons. The molecule has 0 aliphatic carbocycles. The molecule has 1 heterocycles. The molecule has 1 aromatic heterocycles. The number of thiol groups is 1. The number of nitrogens with zero attached hydrogens (tertiary/aromatic N) is 4. The quantitative estimate of drug-likeness (QED) is 0.345. The molecule has 0 amide bonds. The average Bonchev–Trinajstić information content (AvgIpc) is 2.49. The molecule has 0 atom stereocenters. The van der Waals surface area contributed by atoms with Crippen molar-refractivity contribution in [3.05, 3.63) is 0 Å². The Morgan fingerprint density at radius 2 is 2.20 bits per heavy atom. The number of nitrogens with one attached hydrogen (secondary N) is 1. The molecule has 10 heteroatoms. The number of tetrazole rings is 1. The van der Waals surface area contributed by atoms with E-state index < -0.39 is 10.3 Å². The summed E-state index contributed by atoms with van der Waals surface area (Å²) in [4.78, 5) is 0. The van der Waals surface area contributed by atoms with E-state index in [9.17, 15) is 8.42 Å². The summed E-state index contributed by atoms with van der Waals surface area (Å²) in [6.07, 6.45) is 1.26. The molecule has 1 rings (SSSR count). The molecule has 0 aliphatic heterocycles. The first-order valence-corrected chi connectivity index (χ1v) is 6.05. The molecule has 0 spiro atoms. The van der Waals surface area contributed by atoms with E-state index in [0.29, 0.717) is 24.5 Å². The fourth-order valence-corrected chi connectivity index (χ4v) is 1.51. The maximum Gasteiger partial charge on any atom is 0.333 e. The highest BCUT2D eigenvalue weighted by Crippen LogP contribution is 2.00. The normalized spacial score (nSPS) is 11.9. The molecular weight excluding hydrogens is 242 g/mol. The van der Waals surface area contributed by atoms with E-state index in [0.717, 1.165) is 0 Å². The first-order valence-electron chi connectivity index (χ1n) is 4.16. The monoisotopic (exact) mass is 253 g/mol. The van der Waals surface area contributed by atoms with Crippen molar-refractivity contribution in [1.82, 2.24) is 24.9 Å². The van der Waals surface area contributed by atoms with Gasteiger partial charge < -0.3 is 0 Å². The van der Waals surface area contributed by atoms with Crippen molar-refractivity contribution in [3.8, 4) is 0 Å². The molecule has 0 aromatic carbocycles. The fourth-order valence-electron chi connectivity index (χ4n) is 0.932. The molecule has 0 saturated carbocycles. The lowest BCUT2D eigenvalue weighted by molar-refractivity contribution is 0.460. The Bertz CT molecular complexity index is 403. The van der Waals surface area contributed by atoms with Gasteiger partial charge in [-0.3, -0.25) is 4.55 Å². The van der Waals surface area contributed by atoms with E-state index in [1.807, 2.05) is 4.72 Å². The minimum Gasteiger partial charge on any atom is -0.273 e. The van der Waals surface area contributed by atoms with Gasteiger partial charge in [0.05, 0.1) is 0 Å². The van der Waals surface area contributed by atoms with Crippen molar-refractivity contribution in [2.24, 2.45) is 0 Å². The standard InChI is InChI=1S/C5H11N5O3S2/c11-15(12,13)6-3-1-2-4-10-5(14)7-8-9-10/h6H,1-4H2,(H,7,9,14)(H,11,12,13). The van der Waals surface area contributed by atoms with E-state index in [1.165, 1.54) is 4.68 Å². The number of unbranched alkanes of at least 4 members (excludes halogenated alkanes) is 1. The summed E-state index contributed by atoms with van der Waals surface area (Å²) in [6, 6.07) is 0. The molecule has 1 aromatic rings. The molecule has 15 heavy (non-hydrogen) atoms. The average molecular weight is 253 g/mol. The smallest absolute Gasteiger partial charge is 0.273 e. The highest BCUT2D eigenvalue weighted by Gasteiger charge is 2.02. The molecule has 2 N–H and O–H groups in total. The van der Waals surface area contributed by atoms with Gasteiger partial charge in [0.15, 0.2) is 0 Å². The Hall–Kier alpha value is -0.710. The summed E-state index contributed by atoms with van der Waals surface area (Å²) >= 11 is 4.00. The molecule has 8 nitrogen and oxygen atoms in total. The van der Waals surface area contributed by atoms with Crippen LogP contribution in [0.4, 0.5) is 0 Å². The van der Waals surface area contributed by atoms with Gasteiger partial charge in [-0.2, -0.15) is 13.1 Å². The summed E-state index contributed by atoms with van der Waals surface area (Å²) < 4.78 is 32.4. The van der Waals surface area contributed by atoms with Crippen molar-refractivity contribution < 1.29 is 13.0 Å². The maximum absolute atomic E-state index is 10.3. The van der Waals surface area contributed by atoms with Crippen LogP contribution in [-0.2, 0) is 16.8 Å². The number of rotatable bonds is 6. The summed E-state index contributed by atoms with van der Waals surface area (Å²) in [5, 5.41) is 11.0. The zero-order chi connectivity index (χ0) is 11.3. The molecule has 0 fully saturated rings. The first-order chi connectivity index (χ1) is 6.99. The summed E-state index contributed by atoms with van der Waals surface area (Å²) in [5.74, 6) is 0.